The van der Waals surface area contributed by atoms with Gasteiger partial charge in [-0.1, -0.05) is 19.1 Å². The van der Waals surface area contributed by atoms with Gasteiger partial charge in [-0.05, 0) is 37.6 Å². The van der Waals surface area contributed by atoms with Gasteiger partial charge >= 0.3 is 0 Å². The molecule has 0 bridgehead atoms. The van der Waals surface area contributed by atoms with Crippen LogP contribution in [0.25, 0.3) is 0 Å². The summed E-state index contributed by atoms with van der Waals surface area (Å²) >= 11 is 0. The minimum absolute atomic E-state index is 0.624. The van der Waals surface area contributed by atoms with Crippen LogP contribution in [-0.4, -0.2) is 37.6 Å². The Morgan fingerprint density at radius 2 is 2.11 bits per heavy atom. The standard InChI is InChI=1S/C15H25N3/c1-4-14-11-18(8-7-17(14)3)15-9-12(2)5-6-13(15)10-16/h5-6,9,14H,4,7-8,10-11,16H2,1-3H3. The minimum Gasteiger partial charge on any atom is -0.368 e. The van der Waals surface area contributed by atoms with Crippen molar-refractivity contribution in [3.63, 3.8) is 0 Å². The summed E-state index contributed by atoms with van der Waals surface area (Å²) in [5, 5.41) is 0. The molecule has 1 aromatic carbocycles. The molecule has 1 aromatic rings. The van der Waals surface area contributed by atoms with E-state index in [-0.39, 0.29) is 0 Å². The van der Waals surface area contributed by atoms with Gasteiger partial charge in [0.15, 0.2) is 0 Å². The van der Waals surface area contributed by atoms with Crippen molar-refractivity contribution >= 4 is 5.69 Å². The highest BCUT2D eigenvalue weighted by atomic mass is 15.3. The Labute approximate surface area is 111 Å². The lowest BCUT2D eigenvalue weighted by Crippen LogP contribution is -2.51. The van der Waals surface area contributed by atoms with Crippen LogP contribution in [0.1, 0.15) is 24.5 Å². The lowest BCUT2D eigenvalue weighted by atomic mass is 10.0. The van der Waals surface area contributed by atoms with E-state index in [1.165, 1.54) is 23.2 Å². The Balaban J connectivity index is 2.23. The normalized spacial score (nSPS) is 21.3. The van der Waals surface area contributed by atoms with E-state index in [2.05, 4.69) is 48.9 Å². The van der Waals surface area contributed by atoms with Gasteiger partial charge in [0.2, 0.25) is 0 Å². The molecule has 1 unspecified atom stereocenters. The third-order valence-electron chi connectivity index (χ3n) is 4.05. The third kappa shape index (κ3) is 2.68. The number of benzene rings is 1. The summed E-state index contributed by atoms with van der Waals surface area (Å²) in [7, 11) is 2.23. The van der Waals surface area contributed by atoms with Crippen LogP contribution in [0.15, 0.2) is 18.2 Å². The molecule has 0 spiro atoms. The zero-order chi connectivity index (χ0) is 13.1. The minimum atomic E-state index is 0.624. The van der Waals surface area contributed by atoms with Crippen molar-refractivity contribution in [3.05, 3.63) is 29.3 Å². The van der Waals surface area contributed by atoms with Gasteiger partial charge in [0.1, 0.15) is 0 Å². The maximum absolute atomic E-state index is 5.86. The molecule has 1 aliphatic heterocycles. The van der Waals surface area contributed by atoms with Crippen LogP contribution in [0.4, 0.5) is 5.69 Å². The number of aryl methyl sites for hydroxylation is 1. The molecule has 2 N–H and O–H groups in total. The lowest BCUT2D eigenvalue weighted by Gasteiger charge is -2.41. The van der Waals surface area contributed by atoms with E-state index in [4.69, 9.17) is 5.73 Å². The second-order valence-corrected chi connectivity index (χ2v) is 5.32. The molecule has 100 valence electrons. The van der Waals surface area contributed by atoms with E-state index in [9.17, 15) is 0 Å². The van der Waals surface area contributed by atoms with Crippen molar-refractivity contribution in [1.82, 2.24) is 4.90 Å². The van der Waals surface area contributed by atoms with E-state index in [1.807, 2.05) is 0 Å². The lowest BCUT2D eigenvalue weighted by molar-refractivity contribution is 0.213. The van der Waals surface area contributed by atoms with Gasteiger partial charge < -0.3 is 10.6 Å². The van der Waals surface area contributed by atoms with Crippen molar-refractivity contribution in [2.45, 2.75) is 32.9 Å². The maximum Gasteiger partial charge on any atom is 0.0415 e. The summed E-state index contributed by atoms with van der Waals surface area (Å²) < 4.78 is 0. The Kier molecular flexibility index (Phi) is 4.25. The van der Waals surface area contributed by atoms with Crippen LogP contribution in [-0.2, 0) is 6.54 Å². The quantitative estimate of drug-likeness (QED) is 0.886. The topological polar surface area (TPSA) is 32.5 Å². The molecule has 3 heteroatoms. The summed E-state index contributed by atoms with van der Waals surface area (Å²) in [6.45, 7) is 8.39. The summed E-state index contributed by atoms with van der Waals surface area (Å²) in [5.41, 5.74) is 9.78. The van der Waals surface area contributed by atoms with Gasteiger partial charge in [0, 0.05) is 37.9 Å². The Morgan fingerprint density at radius 1 is 1.33 bits per heavy atom. The highest BCUT2D eigenvalue weighted by Gasteiger charge is 2.24. The van der Waals surface area contributed by atoms with Crippen LogP contribution >= 0.6 is 0 Å². The first-order valence-electron chi connectivity index (χ1n) is 6.90. The highest BCUT2D eigenvalue weighted by molar-refractivity contribution is 5.56. The van der Waals surface area contributed by atoms with Crippen LogP contribution in [0.5, 0.6) is 0 Å². The Hall–Kier alpha value is -1.06. The molecule has 0 aromatic heterocycles. The van der Waals surface area contributed by atoms with Crippen molar-refractivity contribution in [3.8, 4) is 0 Å². The first-order chi connectivity index (χ1) is 8.65. The van der Waals surface area contributed by atoms with Crippen LogP contribution in [0, 0.1) is 6.92 Å². The largest absolute Gasteiger partial charge is 0.368 e. The van der Waals surface area contributed by atoms with Crippen LogP contribution in [0.2, 0.25) is 0 Å². The van der Waals surface area contributed by atoms with Gasteiger partial charge in [0.25, 0.3) is 0 Å². The maximum atomic E-state index is 5.86. The molecule has 0 saturated carbocycles. The fraction of sp³-hybridized carbons (Fsp3) is 0.600. The summed E-state index contributed by atoms with van der Waals surface area (Å²) in [6.07, 6.45) is 1.21. The van der Waals surface area contributed by atoms with Gasteiger partial charge in [-0.2, -0.15) is 0 Å². The molecule has 18 heavy (non-hydrogen) atoms. The summed E-state index contributed by atoms with van der Waals surface area (Å²) in [6, 6.07) is 7.26. The van der Waals surface area contributed by atoms with Crippen LogP contribution in [0.3, 0.4) is 0 Å². The second kappa shape index (κ2) is 5.72. The number of rotatable bonds is 3. The summed E-state index contributed by atoms with van der Waals surface area (Å²) in [4.78, 5) is 4.97. The van der Waals surface area contributed by atoms with E-state index < -0.39 is 0 Å². The molecule has 0 amide bonds. The number of piperazine rings is 1. The van der Waals surface area contributed by atoms with Crippen molar-refractivity contribution < 1.29 is 0 Å². The molecule has 1 saturated heterocycles. The average molecular weight is 247 g/mol. The number of likely N-dealkylation sites (N-methyl/N-ethyl adjacent to an activating group) is 1. The number of hydrogen-bond acceptors (Lipinski definition) is 3. The van der Waals surface area contributed by atoms with Crippen molar-refractivity contribution in [2.75, 3.05) is 31.6 Å². The van der Waals surface area contributed by atoms with Crippen LogP contribution < -0.4 is 10.6 Å². The zero-order valence-electron chi connectivity index (χ0n) is 11.8. The molecule has 0 aliphatic carbocycles. The number of anilines is 1. The number of nitrogens with zero attached hydrogens (tertiary/aromatic N) is 2. The molecule has 1 fully saturated rings. The average Bonchev–Trinajstić information content (AvgIpc) is 2.39. The molecule has 0 radical (unpaired) electrons. The van der Waals surface area contributed by atoms with Gasteiger partial charge in [-0.3, -0.25) is 4.90 Å². The van der Waals surface area contributed by atoms with E-state index >= 15 is 0 Å². The predicted molar refractivity (Wildman–Crippen MR) is 78.0 cm³/mol. The number of nitrogens with two attached hydrogens (primary N) is 1. The van der Waals surface area contributed by atoms with E-state index in [0.29, 0.717) is 12.6 Å². The predicted octanol–water partition coefficient (Wildman–Crippen LogP) is 1.98. The SMILES string of the molecule is CCC1CN(c2cc(C)ccc2CN)CCN1C. The fourth-order valence-electron chi connectivity index (χ4n) is 2.75. The highest BCUT2D eigenvalue weighted by Crippen LogP contribution is 2.25. The molecular formula is C15H25N3. The first kappa shape index (κ1) is 13.4. The van der Waals surface area contributed by atoms with E-state index in [0.717, 1.165) is 19.6 Å². The van der Waals surface area contributed by atoms with Crippen molar-refractivity contribution in [1.29, 1.82) is 0 Å². The van der Waals surface area contributed by atoms with Gasteiger partial charge in [0.05, 0.1) is 0 Å². The monoisotopic (exact) mass is 247 g/mol. The Morgan fingerprint density at radius 3 is 2.78 bits per heavy atom. The van der Waals surface area contributed by atoms with E-state index in [1.54, 1.807) is 0 Å². The molecular weight excluding hydrogens is 222 g/mol. The molecule has 1 aliphatic rings. The number of hydrogen-bond donors (Lipinski definition) is 1. The zero-order valence-corrected chi connectivity index (χ0v) is 11.8. The fourth-order valence-corrected chi connectivity index (χ4v) is 2.75. The van der Waals surface area contributed by atoms with Gasteiger partial charge in [-0.15, -0.1) is 0 Å². The third-order valence-corrected chi connectivity index (χ3v) is 4.05. The second-order valence-electron chi connectivity index (χ2n) is 5.32. The van der Waals surface area contributed by atoms with Gasteiger partial charge in [-0.25, -0.2) is 0 Å². The van der Waals surface area contributed by atoms with Crippen molar-refractivity contribution in [2.24, 2.45) is 5.73 Å². The molecule has 1 atom stereocenters. The summed E-state index contributed by atoms with van der Waals surface area (Å²) in [5.74, 6) is 0. The molecule has 2 rings (SSSR count). The molecule has 1 heterocycles. The molecule has 3 nitrogen and oxygen atoms in total. The smallest absolute Gasteiger partial charge is 0.0415 e. The Bertz CT molecular complexity index is 403. The first-order valence-corrected chi connectivity index (χ1v) is 6.90.